The molecule has 1 aromatic rings. The van der Waals surface area contributed by atoms with Gasteiger partial charge in [-0.05, 0) is 57.9 Å². The van der Waals surface area contributed by atoms with Crippen LogP contribution in [0.1, 0.15) is 60.3 Å². The number of esters is 1. The molecule has 9 heteroatoms. The summed E-state index contributed by atoms with van der Waals surface area (Å²) in [6.45, 7) is 4.31. The minimum absolute atomic E-state index is 0.148. The summed E-state index contributed by atoms with van der Waals surface area (Å²) in [5.41, 5.74) is 1.53. The lowest BCUT2D eigenvalue weighted by molar-refractivity contribution is -0.120. The Morgan fingerprint density at radius 1 is 1.18 bits per heavy atom. The Morgan fingerprint density at radius 3 is 2.43 bits per heavy atom. The highest BCUT2D eigenvalue weighted by molar-refractivity contribution is 7.88. The van der Waals surface area contributed by atoms with Gasteiger partial charge in [-0.3, -0.25) is 4.79 Å². The van der Waals surface area contributed by atoms with Gasteiger partial charge in [0.1, 0.15) is 5.00 Å². The van der Waals surface area contributed by atoms with E-state index in [-0.39, 0.29) is 23.9 Å². The van der Waals surface area contributed by atoms with Crippen molar-refractivity contribution in [3.63, 3.8) is 0 Å². The Bertz CT molecular complexity index is 852. The molecule has 0 unspecified atom stereocenters. The monoisotopic (exact) mass is 428 g/mol. The van der Waals surface area contributed by atoms with E-state index in [0.717, 1.165) is 36.1 Å². The third-order valence-electron chi connectivity index (χ3n) is 5.25. The van der Waals surface area contributed by atoms with E-state index >= 15 is 0 Å². The summed E-state index contributed by atoms with van der Waals surface area (Å²) in [5, 5.41) is 3.53. The van der Waals surface area contributed by atoms with Crippen molar-refractivity contribution >= 4 is 38.2 Å². The van der Waals surface area contributed by atoms with Crippen LogP contribution in [0.15, 0.2) is 0 Å². The molecule has 0 radical (unpaired) electrons. The van der Waals surface area contributed by atoms with Crippen molar-refractivity contribution in [1.29, 1.82) is 0 Å². The van der Waals surface area contributed by atoms with Crippen molar-refractivity contribution in [3.8, 4) is 0 Å². The van der Waals surface area contributed by atoms with Crippen molar-refractivity contribution in [1.82, 2.24) is 4.31 Å². The van der Waals surface area contributed by atoms with Gasteiger partial charge < -0.3 is 10.1 Å². The molecule has 156 valence electrons. The highest BCUT2D eigenvalue weighted by atomic mass is 32.2. The van der Waals surface area contributed by atoms with Crippen LogP contribution in [0.4, 0.5) is 5.00 Å². The second kappa shape index (κ2) is 8.51. The molecular formula is C19H28N2O5S2. The number of aryl methyl sites for hydroxylation is 1. The third kappa shape index (κ3) is 4.75. The molecule has 1 aliphatic carbocycles. The van der Waals surface area contributed by atoms with Crippen LogP contribution in [0.2, 0.25) is 0 Å². The zero-order chi connectivity index (χ0) is 20.5. The number of rotatable bonds is 5. The first-order chi connectivity index (χ1) is 13.2. The second-order valence-electron chi connectivity index (χ2n) is 7.79. The van der Waals surface area contributed by atoms with Crippen molar-refractivity contribution in [2.45, 2.75) is 58.5 Å². The molecule has 1 amide bonds. The summed E-state index contributed by atoms with van der Waals surface area (Å²) in [5.74, 6) is -0.784. The van der Waals surface area contributed by atoms with Crippen LogP contribution in [0.25, 0.3) is 0 Å². The van der Waals surface area contributed by atoms with E-state index in [1.54, 1.807) is 0 Å². The molecule has 7 nitrogen and oxygen atoms in total. The van der Waals surface area contributed by atoms with Gasteiger partial charge in [-0.25, -0.2) is 17.5 Å². The van der Waals surface area contributed by atoms with E-state index in [4.69, 9.17) is 4.74 Å². The lowest BCUT2D eigenvalue weighted by Gasteiger charge is -2.29. The summed E-state index contributed by atoms with van der Waals surface area (Å²) in [7, 11) is -3.22. The number of thiophene rings is 1. The number of anilines is 1. The molecule has 1 saturated heterocycles. The molecule has 1 N–H and O–H groups in total. The second-order valence-corrected chi connectivity index (χ2v) is 10.9. The van der Waals surface area contributed by atoms with E-state index in [1.807, 2.05) is 13.8 Å². The van der Waals surface area contributed by atoms with E-state index in [9.17, 15) is 18.0 Å². The molecule has 1 aliphatic heterocycles. The molecule has 0 aromatic carbocycles. The molecule has 0 atom stereocenters. The van der Waals surface area contributed by atoms with Crippen molar-refractivity contribution < 1.29 is 22.7 Å². The quantitative estimate of drug-likeness (QED) is 0.728. The van der Waals surface area contributed by atoms with Crippen LogP contribution in [0, 0.1) is 5.92 Å². The maximum atomic E-state index is 12.8. The van der Waals surface area contributed by atoms with Crippen LogP contribution in [-0.4, -0.2) is 50.0 Å². The standard InChI is InChI=1S/C19H28N2O5S2/c1-12(2)26-19(23)16-14-6-4-5-7-15(14)27-18(16)20-17(22)13-8-10-21(11-9-13)28(3,24)25/h12-13H,4-11H2,1-3H3,(H,20,22). The highest BCUT2D eigenvalue weighted by Gasteiger charge is 2.32. The molecule has 2 heterocycles. The number of amides is 1. The van der Waals surface area contributed by atoms with Gasteiger partial charge in [0.2, 0.25) is 15.9 Å². The Hall–Kier alpha value is -1.45. The lowest BCUT2D eigenvalue weighted by atomic mass is 9.95. The van der Waals surface area contributed by atoms with Crippen molar-refractivity contribution in [3.05, 3.63) is 16.0 Å². The molecule has 1 fully saturated rings. The number of ether oxygens (including phenoxy) is 1. The van der Waals surface area contributed by atoms with E-state index in [2.05, 4.69) is 5.32 Å². The maximum absolute atomic E-state index is 12.8. The molecule has 0 bridgehead atoms. The average molecular weight is 429 g/mol. The smallest absolute Gasteiger partial charge is 0.341 e. The molecular weight excluding hydrogens is 400 g/mol. The summed E-state index contributed by atoms with van der Waals surface area (Å²) >= 11 is 1.48. The van der Waals surface area contributed by atoms with Gasteiger partial charge in [-0.2, -0.15) is 0 Å². The van der Waals surface area contributed by atoms with Crippen LogP contribution in [0.5, 0.6) is 0 Å². The molecule has 2 aliphatic rings. The maximum Gasteiger partial charge on any atom is 0.341 e. The number of carbonyl (C=O) groups is 2. The lowest BCUT2D eigenvalue weighted by Crippen LogP contribution is -2.40. The minimum Gasteiger partial charge on any atom is -0.459 e. The topological polar surface area (TPSA) is 92.8 Å². The predicted octanol–water partition coefficient (Wildman–Crippen LogP) is 2.80. The first-order valence-corrected chi connectivity index (χ1v) is 12.4. The number of fused-ring (bicyclic) bond motifs is 1. The number of nitrogens with zero attached hydrogens (tertiary/aromatic N) is 1. The zero-order valence-electron chi connectivity index (χ0n) is 16.6. The first kappa shape index (κ1) is 21.3. The van der Waals surface area contributed by atoms with Gasteiger partial charge in [0.25, 0.3) is 0 Å². The predicted molar refractivity (Wildman–Crippen MR) is 109 cm³/mol. The number of nitrogens with one attached hydrogen (secondary N) is 1. The SMILES string of the molecule is CC(C)OC(=O)c1c(NC(=O)C2CCN(S(C)(=O)=O)CC2)sc2c1CCCC2. The average Bonchev–Trinajstić information content (AvgIpc) is 2.98. The molecule has 1 aromatic heterocycles. The van der Waals surface area contributed by atoms with Gasteiger partial charge >= 0.3 is 5.97 Å². The van der Waals surface area contributed by atoms with Crippen LogP contribution >= 0.6 is 11.3 Å². The largest absolute Gasteiger partial charge is 0.459 e. The first-order valence-electron chi connectivity index (χ1n) is 9.78. The van der Waals surface area contributed by atoms with Gasteiger partial charge in [-0.15, -0.1) is 11.3 Å². The third-order valence-corrected chi connectivity index (χ3v) is 7.76. The summed E-state index contributed by atoms with van der Waals surface area (Å²) in [4.78, 5) is 26.6. The molecule has 28 heavy (non-hydrogen) atoms. The Morgan fingerprint density at radius 2 is 1.82 bits per heavy atom. The van der Waals surface area contributed by atoms with E-state index < -0.39 is 10.0 Å². The number of piperidine rings is 1. The summed E-state index contributed by atoms with van der Waals surface area (Å²) in [6, 6.07) is 0. The number of hydrogen-bond acceptors (Lipinski definition) is 6. The summed E-state index contributed by atoms with van der Waals surface area (Å²) in [6.07, 6.45) is 5.80. The fourth-order valence-electron chi connectivity index (χ4n) is 3.81. The Balaban J connectivity index is 1.76. The number of sulfonamides is 1. The van der Waals surface area contributed by atoms with Gasteiger partial charge in [-0.1, -0.05) is 0 Å². The Kier molecular flexibility index (Phi) is 6.46. The summed E-state index contributed by atoms with van der Waals surface area (Å²) < 4.78 is 30.1. The van der Waals surface area contributed by atoms with Crippen LogP contribution < -0.4 is 5.32 Å². The van der Waals surface area contributed by atoms with Crippen LogP contribution in [-0.2, 0) is 32.4 Å². The molecule has 0 saturated carbocycles. The number of carbonyl (C=O) groups excluding carboxylic acids is 2. The normalized spacial score (nSPS) is 18.7. The van der Waals surface area contributed by atoms with E-state index in [1.165, 1.54) is 21.9 Å². The molecule has 0 spiro atoms. The zero-order valence-corrected chi connectivity index (χ0v) is 18.2. The van der Waals surface area contributed by atoms with Gasteiger partial charge in [0, 0.05) is 23.9 Å². The van der Waals surface area contributed by atoms with Crippen LogP contribution in [0.3, 0.4) is 0 Å². The van der Waals surface area contributed by atoms with E-state index in [0.29, 0.717) is 36.5 Å². The number of hydrogen-bond donors (Lipinski definition) is 1. The Labute approximate surface area is 170 Å². The fourth-order valence-corrected chi connectivity index (χ4v) is 5.96. The molecule has 3 rings (SSSR count). The van der Waals surface area contributed by atoms with Gasteiger partial charge in [0.15, 0.2) is 0 Å². The van der Waals surface area contributed by atoms with Crippen molar-refractivity contribution in [2.24, 2.45) is 5.92 Å². The highest BCUT2D eigenvalue weighted by Crippen LogP contribution is 2.39. The fraction of sp³-hybridized carbons (Fsp3) is 0.684. The minimum atomic E-state index is -3.22. The van der Waals surface area contributed by atoms with Crippen molar-refractivity contribution in [2.75, 3.05) is 24.7 Å². The van der Waals surface area contributed by atoms with Gasteiger partial charge in [0.05, 0.1) is 17.9 Å².